The van der Waals surface area contributed by atoms with Crippen LogP contribution >= 0.6 is 0 Å². The smallest absolute Gasteiger partial charge is 0.161 e. The fourth-order valence-corrected chi connectivity index (χ4v) is 3.86. The predicted octanol–water partition coefficient (Wildman–Crippen LogP) is 4.75. The van der Waals surface area contributed by atoms with Gasteiger partial charge < -0.3 is 24.7 Å². The number of hydrogen-bond donors (Lipinski definition) is 1. The first-order chi connectivity index (χ1) is 16.1. The Morgan fingerprint density at radius 2 is 1.33 bits per heavy atom. The van der Waals surface area contributed by atoms with Gasteiger partial charge in [-0.05, 0) is 47.5 Å². The maximum absolute atomic E-state index is 6.67. The van der Waals surface area contributed by atoms with Gasteiger partial charge in [0.2, 0.25) is 0 Å². The van der Waals surface area contributed by atoms with Crippen molar-refractivity contribution in [3.8, 4) is 39.8 Å². The second kappa shape index (κ2) is 9.56. The summed E-state index contributed by atoms with van der Waals surface area (Å²) in [6, 6.07) is 21.4. The average molecular weight is 446 g/mol. The van der Waals surface area contributed by atoms with Gasteiger partial charge in [-0.3, -0.25) is 0 Å². The molecular formula is C26H27N3O4. The topological polar surface area (TPSA) is 80.8 Å². The van der Waals surface area contributed by atoms with E-state index in [0.29, 0.717) is 35.2 Å². The highest BCUT2D eigenvalue weighted by Gasteiger charge is 2.21. The molecule has 1 heterocycles. The molecular weight excluding hydrogens is 418 g/mol. The van der Waals surface area contributed by atoms with Crippen molar-refractivity contribution in [3.63, 3.8) is 0 Å². The number of ether oxygens (including phenoxy) is 4. The van der Waals surface area contributed by atoms with Crippen molar-refractivity contribution in [2.75, 3.05) is 34.2 Å². The molecule has 0 unspecified atom stereocenters. The number of nitrogens with two attached hydrogens (primary N) is 1. The fourth-order valence-electron chi connectivity index (χ4n) is 3.86. The Kier molecular flexibility index (Phi) is 6.40. The number of nitrogen functional groups attached to an aromatic ring is 1. The molecule has 4 aromatic rings. The molecule has 1 aromatic heterocycles. The zero-order chi connectivity index (χ0) is 23.4. The van der Waals surface area contributed by atoms with Gasteiger partial charge in [-0.25, -0.2) is 4.68 Å². The van der Waals surface area contributed by atoms with Crippen LogP contribution < -0.4 is 24.7 Å². The van der Waals surface area contributed by atoms with E-state index >= 15 is 0 Å². The molecule has 0 amide bonds. The molecule has 0 bridgehead atoms. The molecule has 0 radical (unpaired) electrons. The maximum atomic E-state index is 6.67. The van der Waals surface area contributed by atoms with Crippen molar-refractivity contribution in [1.29, 1.82) is 0 Å². The minimum absolute atomic E-state index is 0.545. The van der Waals surface area contributed by atoms with Crippen LogP contribution in [0.25, 0.3) is 16.8 Å². The first-order valence-corrected chi connectivity index (χ1v) is 10.5. The summed E-state index contributed by atoms with van der Waals surface area (Å²) in [4.78, 5) is 0. The van der Waals surface area contributed by atoms with Gasteiger partial charge in [-0.1, -0.05) is 30.3 Å². The highest BCUT2D eigenvalue weighted by Crippen LogP contribution is 2.38. The molecule has 0 fully saturated rings. The summed E-state index contributed by atoms with van der Waals surface area (Å²) >= 11 is 0. The number of hydrogen-bond acceptors (Lipinski definition) is 6. The van der Waals surface area contributed by atoms with Gasteiger partial charge in [0.1, 0.15) is 5.82 Å². The average Bonchev–Trinajstić information content (AvgIpc) is 3.19. The normalized spacial score (nSPS) is 10.7. The lowest BCUT2D eigenvalue weighted by molar-refractivity contribution is 0.354. The van der Waals surface area contributed by atoms with Crippen molar-refractivity contribution in [2.45, 2.75) is 6.42 Å². The second-order valence-corrected chi connectivity index (χ2v) is 7.39. The molecule has 2 N–H and O–H groups in total. The third-order valence-electron chi connectivity index (χ3n) is 5.49. The molecule has 0 aliphatic carbocycles. The summed E-state index contributed by atoms with van der Waals surface area (Å²) < 4.78 is 23.5. The fraction of sp³-hybridized carbons (Fsp3) is 0.192. The van der Waals surface area contributed by atoms with E-state index in [1.54, 1.807) is 33.1 Å². The van der Waals surface area contributed by atoms with E-state index in [1.165, 1.54) is 0 Å². The first-order valence-electron chi connectivity index (χ1n) is 10.5. The van der Waals surface area contributed by atoms with Crippen molar-refractivity contribution < 1.29 is 18.9 Å². The summed E-state index contributed by atoms with van der Waals surface area (Å²) in [6.45, 7) is 0. The Morgan fingerprint density at radius 1 is 0.727 bits per heavy atom. The van der Waals surface area contributed by atoms with Gasteiger partial charge in [0.15, 0.2) is 23.0 Å². The molecule has 0 aliphatic heterocycles. The van der Waals surface area contributed by atoms with Crippen LogP contribution in [0.4, 0.5) is 5.82 Å². The third kappa shape index (κ3) is 4.30. The summed E-state index contributed by atoms with van der Waals surface area (Å²) in [5.74, 6) is 3.16. The first kappa shape index (κ1) is 22.1. The van der Waals surface area contributed by atoms with Crippen LogP contribution in [0, 0.1) is 0 Å². The summed E-state index contributed by atoms with van der Waals surface area (Å²) in [7, 11) is 6.47. The van der Waals surface area contributed by atoms with Crippen LogP contribution in [0.5, 0.6) is 23.0 Å². The van der Waals surface area contributed by atoms with Gasteiger partial charge in [0, 0.05) is 12.0 Å². The number of rotatable bonds is 8. The minimum Gasteiger partial charge on any atom is -0.493 e. The van der Waals surface area contributed by atoms with Crippen LogP contribution in [-0.4, -0.2) is 38.2 Å². The van der Waals surface area contributed by atoms with Crippen LogP contribution in [0.15, 0.2) is 66.7 Å². The van der Waals surface area contributed by atoms with Crippen LogP contribution in [0.1, 0.15) is 11.3 Å². The summed E-state index contributed by atoms with van der Waals surface area (Å²) in [5.41, 5.74) is 11.1. The second-order valence-electron chi connectivity index (χ2n) is 7.39. The lowest BCUT2D eigenvalue weighted by Gasteiger charge is -2.11. The monoisotopic (exact) mass is 445 g/mol. The van der Waals surface area contributed by atoms with E-state index in [1.807, 2.05) is 66.7 Å². The number of anilines is 1. The molecule has 0 saturated carbocycles. The molecule has 4 rings (SSSR count). The molecule has 33 heavy (non-hydrogen) atoms. The minimum atomic E-state index is 0.545. The van der Waals surface area contributed by atoms with Gasteiger partial charge in [0.05, 0.1) is 39.8 Å². The molecule has 0 atom stereocenters. The molecule has 0 spiro atoms. The van der Waals surface area contributed by atoms with Gasteiger partial charge in [-0.2, -0.15) is 5.10 Å². The lowest BCUT2D eigenvalue weighted by atomic mass is 10.00. The zero-order valence-corrected chi connectivity index (χ0v) is 19.2. The Hall–Kier alpha value is -4.13. The number of methoxy groups -OCH3 is 4. The Labute approximate surface area is 193 Å². The molecule has 170 valence electrons. The van der Waals surface area contributed by atoms with Gasteiger partial charge in [0.25, 0.3) is 0 Å². The highest BCUT2D eigenvalue weighted by molar-refractivity contribution is 5.79. The molecule has 7 heteroatoms. The molecule has 7 nitrogen and oxygen atoms in total. The van der Waals surface area contributed by atoms with Crippen LogP contribution in [0.3, 0.4) is 0 Å². The van der Waals surface area contributed by atoms with Crippen molar-refractivity contribution >= 4 is 5.82 Å². The Bertz CT molecular complexity index is 1250. The standard InChI is InChI=1S/C26H27N3O4/c1-30-21-12-10-17(15-23(21)32-3)14-20-25(18-11-13-22(31-2)24(16-18)33-4)26(27)29(28-20)19-8-6-5-7-9-19/h5-13,15-16H,14,27H2,1-4H3. The van der Waals surface area contributed by atoms with E-state index in [0.717, 1.165) is 28.1 Å². The van der Waals surface area contributed by atoms with Crippen molar-refractivity contribution in [1.82, 2.24) is 9.78 Å². The van der Waals surface area contributed by atoms with E-state index in [2.05, 4.69) is 0 Å². The predicted molar refractivity (Wildman–Crippen MR) is 129 cm³/mol. The van der Waals surface area contributed by atoms with Crippen LogP contribution in [0.2, 0.25) is 0 Å². The maximum Gasteiger partial charge on any atom is 0.161 e. The largest absolute Gasteiger partial charge is 0.493 e. The lowest BCUT2D eigenvalue weighted by Crippen LogP contribution is -2.02. The molecule has 0 aliphatic rings. The summed E-state index contributed by atoms with van der Waals surface area (Å²) in [5, 5.41) is 4.90. The Balaban J connectivity index is 1.86. The number of para-hydroxylation sites is 1. The summed E-state index contributed by atoms with van der Waals surface area (Å²) in [6.07, 6.45) is 0.550. The van der Waals surface area contributed by atoms with Gasteiger partial charge in [-0.15, -0.1) is 0 Å². The van der Waals surface area contributed by atoms with Gasteiger partial charge >= 0.3 is 0 Å². The number of aromatic nitrogens is 2. The quantitative estimate of drug-likeness (QED) is 0.422. The number of nitrogens with zero attached hydrogens (tertiary/aromatic N) is 2. The zero-order valence-electron chi connectivity index (χ0n) is 19.2. The SMILES string of the molecule is COc1ccc(Cc2nn(-c3ccccc3)c(N)c2-c2ccc(OC)c(OC)c2)cc1OC. The van der Waals surface area contributed by atoms with Crippen molar-refractivity contribution in [3.05, 3.63) is 78.0 Å². The van der Waals surface area contributed by atoms with Crippen molar-refractivity contribution in [2.24, 2.45) is 0 Å². The van der Waals surface area contributed by atoms with Crippen LogP contribution in [-0.2, 0) is 6.42 Å². The Morgan fingerprint density at radius 3 is 1.97 bits per heavy atom. The molecule has 0 saturated heterocycles. The molecule has 3 aromatic carbocycles. The van der Waals surface area contributed by atoms with E-state index < -0.39 is 0 Å². The highest BCUT2D eigenvalue weighted by atomic mass is 16.5. The van der Waals surface area contributed by atoms with E-state index in [9.17, 15) is 0 Å². The third-order valence-corrected chi connectivity index (χ3v) is 5.49. The van der Waals surface area contributed by atoms with E-state index in [4.69, 9.17) is 29.8 Å². The van der Waals surface area contributed by atoms with E-state index in [-0.39, 0.29) is 0 Å². The number of benzene rings is 3.